The van der Waals surface area contributed by atoms with Crippen LogP contribution in [0.15, 0.2) is 87.6 Å². The predicted molar refractivity (Wildman–Crippen MR) is 135 cm³/mol. The van der Waals surface area contributed by atoms with E-state index in [1.807, 2.05) is 49.4 Å². The number of primary sulfonamides is 1. The van der Waals surface area contributed by atoms with Crippen LogP contribution in [0.3, 0.4) is 0 Å². The van der Waals surface area contributed by atoms with Gasteiger partial charge in [0.15, 0.2) is 5.16 Å². The van der Waals surface area contributed by atoms with Gasteiger partial charge in [0.2, 0.25) is 10.0 Å². The van der Waals surface area contributed by atoms with Gasteiger partial charge >= 0.3 is 0 Å². The van der Waals surface area contributed by atoms with Gasteiger partial charge in [0, 0.05) is 17.9 Å². The number of nitrogens with zero attached hydrogens (tertiary/aromatic N) is 2. The zero-order chi connectivity index (χ0) is 24.1. The van der Waals surface area contributed by atoms with Crippen molar-refractivity contribution in [2.24, 2.45) is 5.14 Å². The summed E-state index contributed by atoms with van der Waals surface area (Å²) in [5.74, 6) is 1.42. The summed E-state index contributed by atoms with van der Waals surface area (Å²) in [6.45, 7) is 2.92. The Labute approximate surface area is 202 Å². The normalized spacial score (nSPS) is 11.6. The summed E-state index contributed by atoms with van der Waals surface area (Å²) in [5, 5.41) is 6.36. The Morgan fingerprint density at radius 3 is 2.44 bits per heavy atom. The first-order valence-electron chi connectivity index (χ1n) is 10.8. The number of benzene rings is 3. The van der Waals surface area contributed by atoms with Crippen molar-refractivity contribution < 1.29 is 13.2 Å². The van der Waals surface area contributed by atoms with Crippen LogP contribution in [0.1, 0.15) is 18.1 Å². The molecular formula is C25H25N3O4S2. The highest BCUT2D eigenvalue weighted by molar-refractivity contribution is 7.98. The lowest BCUT2D eigenvalue weighted by Crippen LogP contribution is -2.24. The molecule has 0 aliphatic rings. The summed E-state index contributed by atoms with van der Waals surface area (Å²) in [4.78, 5) is 18.2. The van der Waals surface area contributed by atoms with Crippen LogP contribution in [0.5, 0.6) is 5.75 Å². The number of nitrogens with two attached hydrogens (primary N) is 1. The van der Waals surface area contributed by atoms with E-state index >= 15 is 0 Å². The van der Waals surface area contributed by atoms with Gasteiger partial charge in [0.1, 0.15) is 5.75 Å². The highest BCUT2D eigenvalue weighted by atomic mass is 32.2. The van der Waals surface area contributed by atoms with Gasteiger partial charge in [-0.25, -0.2) is 18.5 Å². The molecule has 3 aromatic carbocycles. The largest absolute Gasteiger partial charge is 0.494 e. The van der Waals surface area contributed by atoms with Crippen molar-refractivity contribution >= 4 is 32.7 Å². The Bertz CT molecular complexity index is 1470. The topological polar surface area (TPSA) is 104 Å². The fourth-order valence-corrected chi connectivity index (χ4v) is 5.13. The van der Waals surface area contributed by atoms with Crippen molar-refractivity contribution in [2.75, 3.05) is 6.61 Å². The van der Waals surface area contributed by atoms with E-state index < -0.39 is 10.0 Å². The maximum atomic E-state index is 13.3. The lowest BCUT2D eigenvalue weighted by Gasteiger charge is -2.14. The molecule has 0 atom stereocenters. The molecule has 34 heavy (non-hydrogen) atoms. The summed E-state index contributed by atoms with van der Waals surface area (Å²) >= 11 is 1.49. The first-order chi connectivity index (χ1) is 16.4. The van der Waals surface area contributed by atoms with Crippen LogP contribution in [0.25, 0.3) is 10.9 Å². The maximum absolute atomic E-state index is 13.3. The molecule has 1 heterocycles. The number of fused-ring (bicyclic) bond motifs is 1. The Morgan fingerprint density at radius 1 is 1.00 bits per heavy atom. The van der Waals surface area contributed by atoms with Crippen molar-refractivity contribution in [3.8, 4) is 5.75 Å². The summed E-state index contributed by atoms with van der Waals surface area (Å²) < 4.78 is 30.4. The molecule has 0 bridgehead atoms. The van der Waals surface area contributed by atoms with Crippen molar-refractivity contribution in [3.05, 3.63) is 94.3 Å². The average molecular weight is 496 g/mol. The molecule has 4 rings (SSSR count). The number of sulfonamides is 1. The molecule has 9 heteroatoms. The number of ether oxygens (including phenoxy) is 1. The Balaban J connectivity index is 1.63. The van der Waals surface area contributed by atoms with Gasteiger partial charge in [-0.2, -0.15) is 0 Å². The van der Waals surface area contributed by atoms with E-state index in [0.29, 0.717) is 41.4 Å². The third-order valence-corrected chi connectivity index (χ3v) is 7.29. The molecule has 0 amide bonds. The van der Waals surface area contributed by atoms with Crippen molar-refractivity contribution in [2.45, 2.75) is 35.7 Å². The zero-order valence-electron chi connectivity index (χ0n) is 18.7. The van der Waals surface area contributed by atoms with Crippen LogP contribution in [0, 0.1) is 0 Å². The standard InChI is InChI=1S/C25H25N3O4S2/c1-2-32-23-10-6-3-7-19(23)17-33-25-27-22-9-5-4-8-21(22)24(29)28(25)16-15-18-11-13-20(14-12-18)34(26,30)31/h3-14H,2,15-17H2,1H3,(H2,26,30,31). The second-order valence-electron chi connectivity index (χ2n) is 7.64. The van der Waals surface area contributed by atoms with Gasteiger partial charge in [-0.1, -0.05) is 54.2 Å². The van der Waals surface area contributed by atoms with E-state index in [1.54, 1.807) is 22.8 Å². The fraction of sp³-hybridized carbons (Fsp3) is 0.200. The van der Waals surface area contributed by atoms with E-state index in [0.717, 1.165) is 16.9 Å². The van der Waals surface area contributed by atoms with E-state index in [4.69, 9.17) is 14.9 Å². The third kappa shape index (κ3) is 5.49. The lowest BCUT2D eigenvalue weighted by atomic mass is 10.1. The Kier molecular flexibility index (Phi) is 7.35. The number of thioether (sulfide) groups is 1. The molecule has 0 aliphatic carbocycles. The van der Waals surface area contributed by atoms with Crippen LogP contribution >= 0.6 is 11.8 Å². The molecule has 0 unspecified atom stereocenters. The number of hydrogen-bond acceptors (Lipinski definition) is 6. The van der Waals surface area contributed by atoms with Gasteiger partial charge in [-0.05, 0) is 49.2 Å². The van der Waals surface area contributed by atoms with Crippen LogP contribution < -0.4 is 15.4 Å². The van der Waals surface area contributed by atoms with E-state index in [2.05, 4.69) is 0 Å². The second kappa shape index (κ2) is 10.4. The van der Waals surface area contributed by atoms with E-state index in [1.165, 1.54) is 23.9 Å². The van der Waals surface area contributed by atoms with Crippen LogP contribution in [-0.2, 0) is 28.7 Å². The number of para-hydroxylation sites is 2. The Morgan fingerprint density at radius 2 is 1.71 bits per heavy atom. The Hall–Kier alpha value is -3.14. The molecule has 176 valence electrons. The minimum atomic E-state index is -3.74. The average Bonchev–Trinajstić information content (AvgIpc) is 2.83. The van der Waals surface area contributed by atoms with Gasteiger partial charge in [-0.3, -0.25) is 9.36 Å². The summed E-state index contributed by atoms with van der Waals surface area (Å²) in [6, 6.07) is 21.5. The highest BCUT2D eigenvalue weighted by Crippen LogP contribution is 2.27. The first kappa shape index (κ1) is 24.0. The summed E-state index contributed by atoms with van der Waals surface area (Å²) in [5.41, 5.74) is 2.47. The summed E-state index contributed by atoms with van der Waals surface area (Å²) in [6.07, 6.45) is 0.536. The number of aryl methyl sites for hydroxylation is 1. The van der Waals surface area contributed by atoms with Gasteiger partial charge in [0.05, 0.1) is 22.4 Å². The predicted octanol–water partition coefficient (Wildman–Crippen LogP) is 3.98. The quantitative estimate of drug-likeness (QED) is 0.278. The highest BCUT2D eigenvalue weighted by Gasteiger charge is 2.14. The van der Waals surface area contributed by atoms with Gasteiger partial charge < -0.3 is 4.74 Å². The molecule has 0 radical (unpaired) electrons. The van der Waals surface area contributed by atoms with Crippen LogP contribution in [0.2, 0.25) is 0 Å². The van der Waals surface area contributed by atoms with E-state index in [9.17, 15) is 13.2 Å². The molecule has 4 aromatic rings. The first-order valence-corrected chi connectivity index (χ1v) is 13.3. The van der Waals surface area contributed by atoms with Crippen molar-refractivity contribution in [1.82, 2.24) is 9.55 Å². The third-order valence-electron chi connectivity index (χ3n) is 5.33. The SMILES string of the molecule is CCOc1ccccc1CSc1nc2ccccc2c(=O)n1CCc1ccc(S(N)(=O)=O)cc1. The van der Waals surface area contributed by atoms with Crippen LogP contribution in [0.4, 0.5) is 0 Å². The van der Waals surface area contributed by atoms with Crippen molar-refractivity contribution in [1.29, 1.82) is 0 Å². The molecule has 1 aromatic heterocycles. The molecule has 2 N–H and O–H groups in total. The number of rotatable bonds is 9. The number of aromatic nitrogens is 2. The van der Waals surface area contributed by atoms with Gasteiger partial charge in [-0.15, -0.1) is 0 Å². The summed E-state index contributed by atoms with van der Waals surface area (Å²) in [7, 11) is -3.74. The van der Waals surface area contributed by atoms with Gasteiger partial charge in [0.25, 0.3) is 5.56 Å². The fourth-order valence-electron chi connectivity index (χ4n) is 3.60. The smallest absolute Gasteiger partial charge is 0.262 e. The van der Waals surface area contributed by atoms with Crippen LogP contribution in [-0.4, -0.2) is 24.6 Å². The minimum absolute atomic E-state index is 0.0602. The molecule has 0 aliphatic heterocycles. The van der Waals surface area contributed by atoms with Crippen molar-refractivity contribution in [3.63, 3.8) is 0 Å². The zero-order valence-corrected chi connectivity index (χ0v) is 20.3. The molecule has 0 saturated heterocycles. The second-order valence-corrected chi connectivity index (χ2v) is 10.1. The molecule has 0 saturated carbocycles. The molecule has 0 spiro atoms. The minimum Gasteiger partial charge on any atom is -0.494 e. The molecular weight excluding hydrogens is 470 g/mol. The molecule has 0 fully saturated rings. The lowest BCUT2D eigenvalue weighted by molar-refractivity contribution is 0.337. The van der Waals surface area contributed by atoms with E-state index in [-0.39, 0.29) is 10.5 Å². The molecule has 7 nitrogen and oxygen atoms in total. The maximum Gasteiger partial charge on any atom is 0.262 e. The number of hydrogen-bond donors (Lipinski definition) is 1. The monoisotopic (exact) mass is 495 g/mol.